The molecule has 1 aromatic carbocycles. The fraction of sp³-hybridized carbons (Fsp3) is 0.143. The second kappa shape index (κ2) is 4.78. The average Bonchev–Trinajstić information content (AvgIpc) is 2.81. The summed E-state index contributed by atoms with van der Waals surface area (Å²) in [6, 6.07) is 10.3. The highest BCUT2D eigenvalue weighted by Gasteiger charge is 2.07. The molecule has 2 heterocycles. The summed E-state index contributed by atoms with van der Waals surface area (Å²) in [7, 11) is 0. The summed E-state index contributed by atoms with van der Waals surface area (Å²) in [5.41, 5.74) is 8.23. The third-order valence-corrected chi connectivity index (χ3v) is 3.03. The predicted molar refractivity (Wildman–Crippen MR) is 70.1 cm³/mol. The van der Waals surface area contributed by atoms with Gasteiger partial charge in [-0.05, 0) is 35.4 Å². The third-order valence-electron chi connectivity index (χ3n) is 3.03. The van der Waals surface area contributed by atoms with Crippen LogP contribution in [0.25, 0.3) is 5.65 Å². The van der Waals surface area contributed by atoms with E-state index in [0.717, 1.165) is 22.6 Å². The Balaban J connectivity index is 1.97. The van der Waals surface area contributed by atoms with E-state index >= 15 is 0 Å². The highest BCUT2D eigenvalue weighted by molar-refractivity contribution is 5.41. The summed E-state index contributed by atoms with van der Waals surface area (Å²) >= 11 is 0. The molecule has 0 atom stereocenters. The van der Waals surface area contributed by atoms with Crippen molar-refractivity contribution in [1.29, 1.82) is 0 Å². The highest BCUT2D eigenvalue weighted by atomic mass is 19.1. The van der Waals surface area contributed by atoms with Crippen molar-refractivity contribution in [3.05, 3.63) is 65.4 Å². The summed E-state index contributed by atoms with van der Waals surface area (Å²) in [6.07, 6.45) is 2.44. The molecule has 0 bridgehead atoms. The van der Waals surface area contributed by atoms with Crippen molar-refractivity contribution in [2.45, 2.75) is 13.0 Å². The summed E-state index contributed by atoms with van der Waals surface area (Å²) in [4.78, 5) is 0. The molecule has 0 saturated heterocycles. The number of hydrogen-bond acceptors (Lipinski definition) is 3. The van der Waals surface area contributed by atoms with Gasteiger partial charge in [-0.25, -0.2) is 4.39 Å². The quantitative estimate of drug-likeness (QED) is 0.779. The molecular formula is C14H13FN4. The molecule has 3 aromatic rings. The van der Waals surface area contributed by atoms with Crippen LogP contribution in [0, 0.1) is 5.82 Å². The Morgan fingerprint density at radius 1 is 1.11 bits per heavy atom. The van der Waals surface area contributed by atoms with Crippen molar-refractivity contribution >= 4 is 5.65 Å². The molecule has 96 valence electrons. The maximum absolute atomic E-state index is 13.2. The lowest BCUT2D eigenvalue weighted by molar-refractivity contribution is 0.625. The Labute approximate surface area is 109 Å². The number of nitrogens with zero attached hydrogens (tertiary/aromatic N) is 3. The maximum Gasteiger partial charge on any atom is 0.161 e. The highest BCUT2D eigenvalue weighted by Crippen LogP contribution is 2.12. The molecule has 3 rings (SSSR count). The molecule has 0 saturated carbocycles. The molecule has 0 amide bonds. The second-order valence-electron chi connectivity index (χ2n) is 4.39. The summed E-state index contributed by atoms with van der Waals surface area (Å²) in [6.45, 7) is 0.475. The Kier molecular flexibility index (Phi) is 2.97. The molecule has 2 N–H and O–H groups in total. The molecule has 5 heteroatoms. The molecular weight excluding hydrogens is 243 g/mol. The summed E-state index contributed by atoms with van der Waals surface area (Å²) in [5.74, 6) is 0.543. The van der Waals surface area contributed by atoms with Crippen molar-refractivity contribution in [2.75, 3.05) is 0 Å². The number of nitrogens with two attached hydrogens (primary N) is 1. The number of hydrogen-bond donors (Lipinski definition) is 1. The van der Waals surface area contributed by atoms with Gasteiger partial charge in [-0.3, -0.25) is 4.40 Å². The molecule has 2 aromatic heterocycles. The molecule has 19 heavy (non-hydrogen) atoms. The summed E-state index contributed by atoms with van der Waals surface area (Å²) < 4.78 is 15.0. The van der Waals surface area contributed by atoms with Crippen molar-refractivity contribution < 1.29 is 4.39 Å². The Morgan fingerprint density at radius 2 is 2.00 bits per heavy atom. The summed E-state index contributed by atoms with van der Waals surface area (Å²) in [5, 5.41) is 8.25. The minimum absolute atomic E-state index is 0.239. The molecule has 0 spiro atoms. The van der Waals surface area contributed by atoms with Crippen molar-refractivity contribution in [3.63, 3.8) is 0 Å². The van der Waals surface area contributed by atoms with Gasteiger partial charge in [0.2, 0.25) is 0 Å². The number of halogens is 1. The largest absolute Gasteiger partial charge is 0.326 e. The van der Waals surface area contributed by atoms with E-state index in [4.69, 9.17) is 5.73 Å². The first-order valence-corrected chi connectivity index (χ1v) is 6.03. The smallest absolute Gasteiger partial charge is 0.161 e. The number of rotatable bonds is 3. The lowest BCUT2D eigenvalue weighted by Crippen LogP contribution is -2.00. The zero-order chi connectivity index (χ0) is 13.2. The van der Waals surface area contributed by atoms with Gasteiger partial charge in [-0.15, -0.1) is 10.2 Å². The molecule has 0 aliphatic heterocycles. The minimum Gasteiger partial charge on any atom is -0.326 e. The predicted octanol–water partition coefficient (Wildman–Crippen LogP) is 1.92. The zero-order valence-corrected chi connectivity index (χ0v) is 10.3. The van der Waals surface area contributed by atoms with Crippen LogP contribution >= 0.6 is 0 Å². The molecule has 0 aliphatic carbocycles. The van der Waals surface area contributed by atoms with Crippen LogP contribution in [0.5, 0.6) is 0 Å². The first kappa shape index (κ1) is 11.8. The molecule has 0 unspecified atom stereocenters. The van der Waals surface area contributed by atoms with Crippen LogP contribution < -0.4 is 5.73 Å². The fourth-order valence-corrected chi connectivity index (χ4v) is 2.06. The lowest BCUT2D eigenvalue weighted by atomic mass is 10.1. The van der Waals surface area contributed by atoms with Gasteiger partial charge in [0.15, 0.2) is 5.65 Å². The lowest BCUT2D eigenvalue weighted by Gasteiger charge is -2.02. The van der Waals surface area contributed by atoms with E-state index in [0.29, 0.717) is 13.0 Å². The first-order valence-electron chi connectivity index (χ1n) is 6.03. The minimum atomic E-state index is -0.239. The number of benzene rings is 1. The van der Waals surface area contributed by atoms with Crippen molar-refractivity contribution in [2.24, 2.45) is 5.73 Å². The van der Waals surface area contributed by atoms with E-state index in [-0.39, 0.29) is 5.82 Å². The van der Waals surface area contributed by atoms with Crippen molar-refractivity contribution in [3.8, 4) is 0 Å². The average molecular weight is 256 g/mol. The standard InChI is InChI=1S/C14H13FN4/c15-12-3-1-2-10(6-12)7-13-17-18-14-8-11(9-16)4-5-19(13)14/h1-6,8H,7,9,16H2. The Morgan fingerprint density at radius 3 is 2.79 bits per heavy atom. The monoisotopic (exact) mass is 256 g/mol. The first-order chi connectivity index (χ1) is 9.26. The van der Waals surface area contributed by atoms with Gasteiger partial charge >= 0.3 is 0 Å². The van der Waals surface area contributed by atoms with Crippen LogP contribution in [-0.2, 0) is 13.0 Å². The van der Waals surface area contributed by atoms with Gasteiger partial charge in [0.25, 0.3) is 0 Å². The van der Waals surface area contributed by atoms with Crippen LogP contribution in [0.3, 0.4) is 0 Å². The van der Waals surface area contributed by atoms with Gasteiger partial charge in [0, 0.05) is 19.2 Å². The van der Waals surface area contributed by atoms with E-state index < -0.39 is 0 Å². The van der Waals surface area contributed by atoms with Gasteiger partial charge in [0.05, 0.1) is 0 Å². The zero-order valence-electron chi connectivity index (χ0n) is 10.3. The van der Waals surface area contributed by atoms with Gasteiger partial charge < -0.3 is 5.73 Å². The topological polar surface area (TPSA) is 56.2 Å². The maximum atomic E-state index is 13.2. The van der Waals surface area contributed by atoms with Gasteiger partial charge in [0.1, 0.15) is 11.6 Å². The Hall–Kier alpha value is -2.27. The number of fused-ring (bicyclic) bond motifs is 1. The number of aromatic nitrogens is 3. The molecule has 4 nitrogen and oxygen atoms in total. The van der Waals surface area contributed by atoms with Crippen LogP contribution in [0.2, 0.25) is 0 Å². The van der Waals surface area contributed by atoms with Crippen LogP contribution in [0.1, 0.15) is 17.0 Å². The van der Waals surface area contributed by atoms with Crippen LogP contribution in [0.15, 0.2) is 42.6 Å². The van der Waals surface area contributed by atoms with E-state index in [9.17, 15) is 4.39 Å². The van der Waals surface area contributed by atoms with E-state index in [2.05, 4.69) is 10.2 Å². The van der Waals surface area contributed by atoms with Gasteiger partial charge in [-0.1, -0.05) is 12.1 Å². The van der Waals surface area contributed by atoms with Crippen LogP contribution in [0.4, 0.5) is 4.39 Å². The second-order valence-corrected chi connectivity index (χ2v) is 4.39. The molecule has 0 fully saturated rings. The van der Waals surface area contributed by atoms with E-state index in [1.165, 1.54) is 12.1 Å². The fourth-order valence-electron chi connectivity index (χ4n) is 2.06. The van der Waals surface area contributed by atoms with Crippen molar-refractivity contribution in [1.82, 2.24) is 14.6 Å². The third kappa shape index (κ3) is 2.32. The van der Waals surface area contributed by atoms with E-state index in [1.54, 1.807) is 6.07 Å². The Bertz CT molecular complexity index is 720. The number of pyridine rings is 1. The van der Waals surface area contributed by atoms with E-state index in [1.807, 2.05) is 28.8 Å². The van der Waals surface area contributed by atoms with Crippen LogP contribution in [-0.4, -0.2) is 14.6 Å². The SMILES string of the molecule is NCc1ccn2c(Cc3cccc(F)c3)nnc2c1. The van der Waals surface area contributed by atoms with Gasteiger partial charge in [-0.2, -0.15) is 0 Å². The normalized spacial score (nSPS) is 11.1. The molecule has 0 radical (unpaired) electrons. The molecule has 0 aliphatic rings.